The molecular weight excluding hydrogens is 306 g/mol. The van der Waals surface area contributed by atoms with Crippen LogP contribution in [0, 0.1) is 0 Å². The molecule has 2 aromatic rings. The van der Waals surface area contributed by atoms with Crippen molar-refractivity contribution in [3.05, 3.63) is 65.7 Å². The topological polar surface area (TPSA) is 90.8 Å². The molecule has 1 heterocycles. The van der Waals surface area contributed by atoms with Crippen LogP contribution in [0.15, 0.2) is 59.6 Å². The maximum atomic E-state index is 12.4. The van der Waals surface area contributed by atoms with E-state index in [2.05, 4.69) is 15.6 Å². The van der Waals surface area contributed by atoms with Crippen molar-refractivity contribution in [1.29, 1.82) is 0 Å². The molecule has 3 N–H and O–H groups in total. The minimum absolute atomic E-state index is 0.0765. The molecule has 2 amide bonds. The van der Waals surface area contributed by atoms with Gasteiger partial charge in [0.05, 0.1) is 18.0 Å². The summed E-state index contributed by atoms with van der Waals surface area (Å²) in [5.41, 5.74) is 2.90. The standard InChI is InChI=1S/C18H17N3O3/c22-11-10-15(23)20-17-18(24)19-14-9-5-4-8-13(14)16(21-17)12-6-2-1-3-7-12/h1-9,17,22H,10-11H2,(H,19,24)(H,20,23). The molecule has 0 saturated heterocycles. The summed E-state index contributed by atoms with van der Waals surface area (Å²) in [5.74, 6) is -0.848. The molecule has 1 atom stereocenters. The average molecular weight is 323 g/mol. The number of aliphatic imine (C=N–C) groups is 1. The molecule has 1 aliphatic heterocycles. The minimum atomic E-state index is -1.05. The summed E-state index contributed by atoms with van der Waals surface area (Å²) >= 11 is 0. The van der Waals surface area contributed by atoms with Gasteiger partial charge in [-0.1, -0.05) is 48.5 Å². The lowest BCUT2D eigenvalue weighted by Gasteiger charge is -2.12. The molecule has 0 spiro atoms. The number of amides is 2. The second-order valence-corrected chi connectivity index (χ2v) is 5.32. The zero-order valence-electron chi connectivity index (χ0n) is 12.9. The Morgan fingerprint density at radius 2 is 1.83 bits per heavy atom. The maximum Gasteiger partial charge on any atom is 0.269 e. The number of carbonyl (C=O) groups excluding carboxylic acids is 2. The Labute approximate surface area is 139 Å². The van der Waals surface area contributed by atoms with Gasteiger partial charge in [-0.05, 0) is 6.07 Å². The Balaban J connectivity index is 2.05. The molecule has 0 bridgehead atoms. The lowest BCUT2D eigenvalue weighted by molar-refractivity contribution is -0.126. The zero-order valence-corrected chi connectivity index (χ0v) is 12.9. The van der Waals surface area contributed by atoms with Crippen molar-refractivity contribution in [1.82, 2.24) is 5.32 Å². The Hall–Kier alpha value is -2.99. The van der Waals surface area contributed by atoms with Crippen LogP contribution in [0.1, 0.15) is 17.5 Å². The normalized spacial score (nSPS) is 16.5. The number of benzodiazepines with no additional fused rings is 1. The Bertz CT molecular complexity index is 787. The summed E-state index contributed by atoms with van der Waals surface area (Å²) in [5, 5.41) is 14.2. The van der Waals surface area contributed by atoms with E-state index in [1.54, 1.807) is 6.07 Å². The molecule has 6 nitrogen and oxygen atoms in total. The summed E-state index contributed by atoms with van der Waals surface area (Å²) in [6.45, 7) is -0.282. The number of nitrogens with zero attached hydrogens (tertiary/aromatic N) is 1. The quantitative estimate of drug-likeness (QED) is 0.792. The molecule has 24 heavy (non-hydrogen) atoms. The third kappa shape index (κ3) is 3.33. The van der Waals surface area contributed by atoms with Crippen molar-refractivity contribution in [2.75, 3.05) is 11.9 Å². The van der Waals surface area contributed by atoms with E-state index in [1.807, 2.05) is 48.5 Å². The fourth-order valence-electron chi connectivity index (χ4n) is 2.51. The van der Waals surface area contributed by atoms with E-state index in [9.17, 15) is 9.59 Å². The van der Waals surface area contributed by atoms with Crippen LogP contribution < -0.4 is 10.6 Å². The van der Waals surface area contributed by atoms with Crippen LogP contribution in [0.5, 0.6) is 0 Å². The summed E-state index contributed by atoms with van der Waals surface area (Å²) in [4.78, 5) is 28.6. The van der Waals surface area contributed by atoms with Gasteiger partial charge in [-0.3, -0.25) is 9.59 Å². The summed E-state index contributed by atoms with van der Waals surface area (Å²) in [6, 6.07) is 16.8. The molecule has 0 fully saturated rings. The molecule has 0 aromatic heterocycles. The molecule has 122 valence electrons. The fraction of sp³-hybridized carbons (Fsp3) is 0.167. The molecule has 1 unspecified atom stereocenters. The second-order valence-electron chi connectivity index (χ2n) is 5.32. The monoisotopic (exact) mass is 323 g/mol. The minimum Gasteiger partial charge on any atom is -0.396 e. The summed E-state index contributed by atoms with van der Waals surface area (Å²) in [6.07, 6.45) is -1.13. The number of nitrogens with one attached hydrogen (secondary N) is 2. The molecule has 0 aliphatic carbocycles. The average Bonchev–Trinajstić information content (AvgIpc) is 2.73. The van der Waals surface area contributed by atoms with Gasteiger partial charge in [0.25, 0.3) is 5.91 Å². The van der Waals surface area contributed by atoms with Gasteiger partial charge in [-0.25, -0.2) is 4.99 Å². The first-order chi connectivity index (χ1) is 11.7. The van der Waals surface area contributed by atoms with Gasteiger partial charge in [0.15, 0.2) is 0 Å². The molecule has 1 aliphatic rings. The zero-order chi connectivity index (χ0) is 16.9. The smallest absolute Gasteiger partial charge is 0.269 e. The maximum absolute atomic E-state index is 12.4. The highest BCUT2D eigenvalue weighted by Gasteiger charge is 2.26. The van der Waals surface area contributed by atoms with Gasteiger partial charge in [0, 0.05) is 17.5 Å². The van der Waals surface area contributed by atoms with Gasteiger partial charge in [0.1, 0.15) is 0 Å². The van der Waals surface area contributed by atoms with E-state index in [4.69, 9.17) is 5.11 Å². The van der Waals surface area contributed by atoms with Crippen LogP contribution in [-0.4, -0.2) is 35.4 Å². The molecule has 2 aromatic carbocycles. The third-order valence-electron chi connectivity index (χ3n) is 3.63. The number of hydrogen-bond acceptors (Lipinski definition) is 4. The number of carbonyl (C=O) groups is 2. The number of para-hydroxylation sites is 1. The molecule has 6 heteroatoms. The van der Waals surface area contributed by atoms with Gasteiger partial charge in [0.2, 0.25) is 12.1 Å². The fourth-order valence-corrected chi connectivity index (χ4v) is 2.51. The highest BCUT2D eigenvalue weighted by molar-refractivity contribution is 6.19. The van der Waals surface area contributed by atoms with Crippen LogP contribution in [-0.2, 0) is 9.59 Å². The van der Waals surface area contributed by atoms with Gasteiger partial charge in [-0.2, -0.15) is 0 Å². The lowest BCUT2D eigenvalue weighted by atomic mass is 10.0. The highest BCUT2D eigenvalue weighted by Crippen LogP contribution is 2.23. The van der Waals surface area contributed by atoms with Crippen LogP contribution in [0.2, 0.25) is 0 Å². The number of aliphatic hydroxyl groups excluding tert-OH is 1. The van der Waals surface area contributed by atoms with Crippen LogP contribution in [0.25, 0.3) is 0 Å². The molecule has 0 radical (unpaired) electrons. The van der Waals surface area contributed by atoms with Gasteiger partial charge >= 0.3 is 0 Å². The van der Waals surface area contributed by atoms with Crippen molar-refractivity contribution < 1.29 is 14.7 Å². The van der Waals surface area contributed by atoms with E-state index in [0.29, 0.717) is 11.4 Å². The second kappa shape index (κ2) is 7.06. The van der Waals surface area contributed by atoms with Crippen LogP contribution in [0.4, 0.5) is 5.69 Å². The summed E-state index contributed by atoms with van der Waals surface area (Å²) in [7, 11) is 0. The van der Waals surface area contributed by atoms with Crippen molar-refractivity contribution in [2.45, 2.75) is 12.6 Å². The first-order valence-corrected chi connectivity index (χ1v) is 7.63. The Morgan fingerprint density at radius 1 is 1.12 bits per heavy atom. The predicted molar refractivity (Wildman–Crippen MR) is 90.8 cm³/mol. The summed E-state index contributed by atoms with van der Waals surface area (Å²) < 4.78 is 0. The van der Waals surface area contributed by atoms with E-state index >= 15 is 0 Å². The van der Waals surface area contributed by atoms with Crippen molar-refractivity contribution in [3.63, 3.8) is 0 Å². The number of aliphatic hydroxyl groups is 1. The Morgan fingerprint density at radius 3 is 2.58 bits per heavy atom. The van der Waals surface area contributed by atoms with Crippen LogP contribution >= 0.6 is 0 Å². The molecule has 0 saturated carbocycles. The number of rotatable bonds is 4. The molecule has 3 rings (SSSR count). The first-order valence-electron chi connectivity index (χ1n) is 7.63. The number of hydrogen-bond donors (Lipinski definition) is 3. The van der Waals surface area contributed by atoms with E-state index < -0.39 is 18.0 Å². The Kier molecular flexibility index (Phi) is 4.67. The van der Waals surface area contributed by atoms with Gasteiger partial charge in [-0.15, -0.1) is 0 Å². The van der Waals surface area contributed by atoms with Crippen molar-refractivity contribution >= 4 is 23.2 Å². The number of anilines is 1. The lowest BCUT2D eigenvalue weighted by Crippen LogP contribution is -2.42. The molecular formula is C18H17N3O3. The van der Waals surface area contributed by atoms with Crippen molar-refractivity contribution in [3.8, 4) is 0 Å². The van der Waals surface area contributed by atoms with E-state index in [1.165, 1.54) is 0 Å². The highest BCUT2D eigenvalue weighted by atomic mass is 16.3. The SMILES string of the molecule is O=C(CCO)NC1N=C(c2ccccc2)c2ccccc2NC1=O. The number of benzene rings is 2. The van der Waals surface area contributed by atoms with E-state index in [-0.39, 0.29) is 13.0 Å². The largest absolute Gasteiger partial charge is 0.396 e. The first kappa shape index (κ1) is 15.9. The third-order valence-corrected chi connectivity index (χ3v) is 3.63. The van der Waals surface area contributed by atoms with E-state index in [0.717, 1.165) is 11.1 Å². The predicted octanol–water partition coefficient (Wildman–Crippen LogP) is 1.30. The van der Waals surface area contributed by atoms with Gasteiger partial charge < -0.3 is 15.7 Å². The van der Waals surface area contributed by atoms with Crippen LogP contribution in [0.3, 0.4) is 0 Å². The number of fused-ring (bicyclic) bond motifs is 1. The van der Waals surface area contributed by atoms with Crippen molar-refractivity contribution in [2.24, 2.45) is 4.99 Å².